The molecule has 0 bridgehead atoms. The summed E-state index contributed by atoms with van der Waals surface area (Å²) in [4.78, 5) is 30.7. The van der Waals surface area contributed by atoms with Gasteiger partial charge in [0.05, 0.1) is 5.69 Å². The monoisotopic (exact) mass is 413 g/mol. The highest BCUT2D eigenvalue weighted by Crippen LogP contribution is 2.45. The zero-order chi connectivity index (χ0) is 21.4. The van der Waals surface area contributed by atoms with Crippen LogP contribution in [-0.2, 0) is 11.8 Å². The molecule has 3 heterocycles. The Balaban J connectivity index is 1.47. The Morgan fingerprint density at radius 3 is 2.68 bits per heavy atom. The smallest absolute Gasteiger partial charge is 0.272 e. The number of pyridine rings is 1. The molecule has 1 spiro atoms. The second-order valence-electron chi connectivity index (χ2n) is 8.82. The van der Waals surface area contributed by atoms with Crippen molar-refractivity contribution in [2.24, 2.45) is 0 Å². The van der Waals surface area contributed by atoms with E-state index in [0.717, 1.165) is 56.0 Å². The molecule has 0 radical (unpaired) electrons. The molecule has 31 heavy (non-hydrogen) atoms. The first-order chi connectivity index (χ1) is 15.1. The first-order valence-electron chi connectivity index (χ1n) is 10.9. The van der Waals surface area contributed by atoms with E-state index in [4.69, 9.17) is 9.97 Å². The van der Waals surface area contributed by atoms with Crippen LogP contribution in [0.2, 0.25) is 0 Å². The van der Waals surface area contributed by atoms with Crippen LogP contribution in [0.1, 0.15) is 41.0 Å². The molecule has 0 saturated carbocycles. The third kappa shape index (κ3) is 3.56. The molecular weight excluding hydrogens is 386 g/mol. The summed E-state index contributed by atoms with van der Waals surface area (Å²) in [6, 6.07) is 15.9. The molecule has 5 rings (SSSR count). The van der Waals surface area contributed by atoms with Gasteiger partial charge in [0.1, 0.15) is 11.5 Å². The normalized spacial score (nSPS) is 20.0. The molecule has 1 unspecified atom stereocenters. The van der Waals surface area contributed by atoms with E-state index in [9.17, 15) is 4.79 Å². The molecule has 1 aromatic carbocycles. The summed E-state index contributed by atoms with van der Waals surface area (Å²) in [5.74, 6) is 1.60. The van der Waals surface area contributed by atoms with Crippen molar-refractivity contribution in [3.8, 4) is 11.4 Å². The van der Waals surface area contributed by atoms with Crippen molar-refractivity contribution in [1.82, 2.24) is 19.9 Å². The lowest BCUT2D eigenvalue weighted by Gasteiger charge is -2.41. The van der Waals surface area contributed by atoms with Gasteiger partial charge in [-0.05, 0) is 43.4 Å². The minimum absolute atomic E-state index is 0.0172. The quantitative estimate of drug-likeness (QED) is 0.655. The summed E-state index contributed by atoms with van der Waals surface area (Å²) in [7, 11) is 3.51. The topological polar surface area (TPSA) is 62.2 Å². The lowest BCUT2D eigenvalue weighted by molar-refractivity contribution is 0.0822. The fourth-order valence-corrected chi connectivity index (χ4v) is 4.94. The van der Waals surface area contributed by atoms with Crippen LogP contribution < -0.4 is 4.90 Å². The van der Waals surface area contributed by atoms with Crippen molar-refractivity contribution in [2.45, 2.75) is 31.1 Å². The van der Waals surface area contributed by atoms with E-state index in [0.29, 0.717) is 5.69 Å². The molecule has 1 saturated heterocycles. The Hall–Kier alpha value is -3.28. The summed E-state index contributed by atoms with van der Waals surface area (Å²) in [5.41, 5.74) is 4.03. The molecule has 1 amide bonds. The van der Waals surface area contributed by atoms with Crippen LogP contribution in [0.25, 0.3) is 11.4 Å². The summed E-state index contributed by atoms with van der Waals surface area (Å²) >= 11 is 0. The molecule has 2 aromatic heterocycles. The maximum atomic E-state index is 12.4. The number of rotatable bonds is 3. The minimum Gasteiger partial charge on any atom is -0.356 e. The Labute approximate surface area is 183 Å². The van der Waals surface area contributed by atoms with Gasteiger partial charge in [0, 0.05) is 44.4 Å². The second-order valence-corrected chi connectivity index (χ2v) is 8.82. The van der Waals surface area contributed by atoms with Crippen molar-refractivity contribution in [3.63, 3.8) is 0 Å². The Morgan fingerprint density at radius 2 is 1.87 bits per heavy atom. The number of nitrogens with zero attached hydrogens (tertiary/aromatic N) is 5. The third-order valence-corrected chi connectivity index (χ3v) is 6.53. The number of fused-ring (bicyclic) bond motifs is 2. The summed E-state index contributed by atoms with van der Waals surface area (Å²) in [6.07, 6.45) is 6.33. The number of hydrogen-bond acceptors (Lipinski definition) is 5. The number of benzene rings is 1. The maximum Gasteiger partial charge on any atom is 0.272 e. The minimum atomic E-state index is -0.0694. The third-order valence-electron chi connectivity index (χ3n) is 6.53. The van der Waals surface area contributed by atoms with Crippen LogP contribution in [0.4, 0.5) is 5.82 Å². The molecule has 158 valence electrons. The molecular formula is C25H27N5O. The molecule has 1 aliphatic heterocycles. The SMILES string of the molecule is CN(C)C(=O)c1cccc(N2CCCC3(CCc4cnc(-c5ccccc5)nc43)C2)n1. The molecule has 0 N–H and O–H groups in total. The summed E-state index contributed by atoms with van der Waals surface area (Å²) in [5, 5.41) is 0. The zero-order valence-electron chi connectivity index (χ0n) is 18.1. The van der Waals surface area contributed by atoms with Crippen LogP contribution in [0.5, 0.6) is 0 Å². The second kappa shape index (κ2) is 7.76. The molecule has 6 heteroatoms. The van der Waals surface area contributed by atoms with E-state index < -0.39 is 0 Å². The predicted molar refractivity (Wildman–Crippen MR) is 121 cm³/mol. The van der Waals surface area contributed by atoms with Crippen molar-refractivity contribution in [2.75, 3.05) is 32.1 Å². The van der Waals surface area contributed by atoms with E-state index in [1.54, 1.807) is 25.1 Å². The van der Waals surface area contributed by atoms with Crippen molar-refractivity contribution >= 4 is 11.7 Å². The number of aromatic nitrogens is 3. The standard InChI is InChI=1S/C25H27N5O/c1-29(2)24(31)20-10-6-11-21(27-20)30-15-7-13-25(17-30)14-12-19-16-26-23(28-22(19)25)18-8-4-3-5-9-18/h3-6,8-11,16H,7,12-15,17H2,1-2H3. The molecule has 6 nitrogen and oxygen atoms in total. The van der Waals surface area contributed by atoms with E-state index in [1.807, 2.05) is 36.5 Å². The van der Waals surface area contributed by atoms with Crippen molar-refractivity contribution in [1.29, 1.82) is 0 Å². The van der Waals surface area contributed by atoms with E-state index in [-0.39, 0.29) is 11.3 Å². The van der Waals surface area contributed by atoms with Gasteiger partial charge < -0.3 is 9.80 Å². The van der Waals surface area contributed by atoms with Gasteiger partial charge in [-0.3, -0.25) is 4.79 Å². The number of hydrogen-bond donors (Lipinski definition) is 0. The summed E-state index contributed by atoms with van der Waals surface area (Å²) in [6.45, 7) is 1.82. The fraction of sp³-hybridized carbons (Fsp3) is 0.360. The maximum absolute atomic E-state index is 12.4. The highest BCUT2D eigenvalue weighted by Gasteiger charge is 2.44. The average Bonchev–Trinajstić information content (AvgIpc) is 3.16. The molecule has 1 atom stereocenters. The van der Waals surface area contributed by atoms with E-state index >= 15 is 0 Å². The van der Waals surface area contributed by atoms with Gasteiger partial charge in [-0.1, -0.05) is 36.4 Å². The number of anilines is 1. The number of amides is 1. The predicted octanol–water partition coefficient (Wildman–Crippen LogP) is 3.72. The van der Waals surface area contributed by atoms with Crippen LogP contribution in [0.15, 0.2) is 54.7 Å². The van der Waals surface area contributed by atoms with Crippen LogP contribution >= 0.6 is 0 Å². The Kier molecular flexibility index (Phi) is 4.93. The number of carbonyl (C=O) groups excluding carboxylic acids is 1. The summed E-state index contributed by atoms with van der Waals surface area (Å²) < 4.78 is 0. The van der Waals surface area contributed by atoms with Gasteiger partial charge >= 0.3 is 0 Å². The number of aryl methyl sites for hydroxylation is 1. The van der Waals surface area contributed by atoms with Gasteiger partial charge in [0.2, 0.25) is 0 Å². The largest absolute Gasteiger partial charge is 0.356 e. The lowest BCUT2D eigenvalue weighted by Crippen LogP contribution is -2.46. The van der Waals surface area contributed by atoms with Crippen molar-refractivity contribution in [3.05, 3.63) is 71.7 Å². The highest BCUT2D eigenvalue weighted by molar-refractivity contribution is 5.92. The number of piperidine rings is 1. The van der Waals surface area contributed by atoms with Crippen LogP contribution in [0.3, 0.4) is 0 Å². The van der Waals surface area contributed by atoms with Gasteiger partial charge in [-0.2, -0.15) is 0 Å². The Bertz CT molecular complexity index is 1110. The van der Waals surface area contributed by atoms with Crippen LogP contribution in [0, 0.1) is 0 Å². The lowest BCUT2D eigenvalue weighted by atomic mass is 9.77. The van der Waals surface area contributed by atoms with Crippen molar-refractivity contribution < 1.29 is 4.79 Å². The van der Waals surface area contributed by atoms with E-state index in [1.165, 1.54) is 11.3 Å². The average molecular weight is 414 g/mol. The molecule has 1 aliphatic carbocycles. The van der Waals surface area contributed by atoms with E-state index in [2.05, 4.69) is 22.0 Å². The zero-order valence-corrected chi connectivity index (χ0v) is 18.1. The van der Waals surface area contributed by atoms with Gasteiger partial charge in [0.15, 0.2) is 5.82 Å². The molecule has 2 aliphatic rings. The number of carbonyl (C=O) groups is 1. The first kappa shape index (κ1) is 19.7. The Morgan fingerprint density at radius 1 is 1.03 bits per heavy atom. The van der Waals surface area contributed by atoms with Gasteiger partial charge in [0.25, 0.3) is 5.91 Å². The van der Waals surface area contributed by atoms with Gasteiger partial charge in [-0.25, -0.2) is 15.0 Å². The van der Waals surface area contributed by atoms with Crippen LogP contribution in [-0.4, -0.2) is 52.9 Å². The molecule has 1 fully saturated rings. The highest BCUT2D eigenvalue weighted by atomic mass is 16.2. The first-order valence-corrected chi connectivity index (χ1v) is 10.9. The fourth-order valence-electron chi connectivity index (χ4n) is 4.94. The van der Waals surface area contributed by atoms with Gasteiger partial charge in [-0.15, -0.1) is 0 Å². The molecule has 3 aromatic rings.